The number of hydrogen-bond acceptors (Lipinski definition) is 2. The average Bonchev–Trinajstić information content (AvgIpc) is 2.62. The normalized spacial score (nSPS) is 12.2. The number of nitrogens with zero attached hydrogens (tertiary/aromatic N) is 2. The fourth-order valence-corrected chi connectivity index (χ4v) is 0.969. The van der Waals surface area contributed by atoms with Crippen molar-refractivity contribution in [3.05, 3.63) is 23.5 Å². The van der Waals surface area contributed by atoms with E-state index >= 15 is 0 Å². The maximum Gasteiger partial charge on any atom is 0.157 e. The molecule has 0 saturated carbocycles. The SMILES string of the molecule is C/C(=C\Cl)COc1cnn(C(C)C)c1. The van der Waals surface area contributed by atoms with Crippen LogP contribution in [-0.4, -0.2) is 16.4 Å². The van der Waals surface area contributed by atoms with Crippen molar-refractivity contribution >= 4 is 11.6 Å². The molecule has 1 heterocycles. The van der Waals surface area contributed by atoms with E-state index in [9.17, 15) is 0 Å². The van der Waals surface area contributed by atoms with Gasteiger partial charge in [0, 0.05) is 11.6 Å². The Morgan fingerprint density at radius 2 is 2.43 bits per heavy atom. The van der Waals surface area contributed by atoms with E-state index in [4.69, 9.17) is 16.3 Å². The molecule has 0 unspecified atom stereocenters. The van der Waals surface area contributed by atoms with Crippen LogP contribution in [0, 0.1) is 0 Å². The van der Waals surface area contributed by atoms with Gasteiger partial charge in [-0.2, -0.15) is 5.10 Å². The first kappa shape index (κ1) is 11.1. The minimum Gasteiger partial charge on any atom is -0.486 e. The molecule has 0 fully saturated rings. The molecular weight excluding hydrogens is 200 g/mol. The first-order valence-corrected chi connectivity index (χ1v) is 5.00. The summed E-state index contributed by atoms with van der Waals surface area (Å²) in [5.74, 6) is 0.775. The third-order valence-corrected chi connectivity index (χ3v) is 2.13. The third-order valence-electron chi connectivity index (χ3n) is 1.76. The van der Waals surface area contributed by atoms with Gasteiger partial charge in [-0.05, 0) is 26.3 Å². The number of ether oxygens (including phenoxy) is 1. The quantitative estimate of drug-likeness (QED) is 0.771. The number of hydrogen-bond donors (Lipinski definition) is 0. The molecule has 0 radical (unpaired) electrons. The summed E-state index contributed by atoms with van der Waals surface area (Å²) in [6, 6.07) is 0.358. The van der Waals surface area contributed by atoms with E-state index in [1.54, 1.807) is 6.20 Å². The summed E-state index contributed by atoms with van der Waals surface area (Å²) in [5, 5.41) is 4.16. The fourth-order valence-electron chi connectivity index (χ4n) is 0.906. The smallest absolute Gasteiger partial charge is 0.157 e. The lowest BCUT2D eigenvalue weighted by Gasteiger charge is -2.04. The summed E-state index contributed by atoms with van der Waals surface area (Å²) in [5.41, 5.74) is 2.51. The highest BCUT2D eigenvalue weighted by Crippen LogP contribution is 2.13. The zero-order valence-electron chi connectivity index (χ0n) is 8.70. The van der Waals surface area contributed by atoms with Crippen LogP contribution in [0.25, 0.3) is 0 Å². The molecule has 0 N–H and O–H groups in total. The minimum absolute atomic E-state index is 0.358. The van der Waals surface area contributed by atoms with Crippen LogP contribution in [0.4, 0.5) is 0 Å². The second-order valence-electron chi connectivity index (χ2n) is 3.49. The number of aromatic nitrogens is 2. The molecule has 3 nitrogen and oxygen atoms in total. The highest BCUT2D eigenvalue weighted by molar-refractivity contribution is 6.25. The van der Waals surface area contributed by atoms with Gasteiger partial charge in [0.15, 0.2) is 5.75 Å². The Balaban J connectivity index is 2.52. The first-order chi connectivity index (χ1) is 6.63. The Labute approximate surface area is 89.3 Å². The maximum atomic E-state index is 5.51. The van der Waals surface area contributed by atoms with Crippen molar-refractivity contribution in [1.29, 1.82) is 0 Å². The van der Waals surface area contributed by atoms with E-state index in [1.807, 2.05) is 17.8 Å². The molecule has 0 saturated heterocycles. The minimum atomic E-state index is 0.358. The predicted molar refractivity (Wildman–Crippen MR) is 57.7 cm³/mol. The summed E-state index contributed by atoms with van der Waals surface area (Å²) in [4.78, 5) is 0. The Kier molecular flexibility index (Phi) is 4.01. The zero-order valence-corrected chi connectivity index (χ0v) is 9.45. The van der Waals surface area contributed by atoms with Gasteiger partial charge in [-0.25, -0.2) is 0 Å². The molecule has 0 spiro atoms. The fraction of sp³-hybridized carbons (Fsp3) is 0.500. The average molecular weight is 215 g/mol. The monoisotopic (exact) mass is 214 g/mol. The Morgan fingerprint density at radius 3 is 2.93 bits per heavy atom. The summed E-state index contributed by atoms with van der Waals surface area (Å²) in [6.07, 6.45) is 3.59. The van der Waals surface area contributed by atoms with Crippen LogP contribution in [0.3, 0.4) is 0 Å². The molecule has 0 aliphatic heterocycles. The van der Waals surface area contributed by atoms with E-state index < -0.39 is 0 Å². The van der Waals surface area contributed by atoms with Crippen LogP contribution in [0.2, 0.25) is 0 Å². The van der Waals surface area contributed by atoms with Crippen LogP contribution < -0.4 is 4.74 Å². The van der Waals surface area contributed by atoms with Gasteiger partial charge in [0.2, 0.25) is 0 Å². The molecule has 1 aromatic rings. The van der Waals surface area contributed by atoms with Gasteiger partial charge in [-0.15, -0.1) is 0 Å². The van der Waals surface area contributed by atoms with Crippen molar-refractivity contribution in [3.8, 4) is 5.75 Å². The second kappa shape index (κ2) is 5.05. The molecular formula is C10H15ClN2O. The van der Waals surface area contributed by atoms with Crippen molar-refractivity contribution < 1.29 is 4.74 Å². The number of halogens is 1. The van der Waals surface area contributed by atoms with Gasteiger partial charge in [0.1, 0.15) is 6.61 Å². The van der Waals surface area contributed by atoms with Crippen LogP contribution in [0.5, 0.6) is 5.75 Å². The van der Waals surface area contributed by atoms with E-state index in [0.29, 0.717) is 12.6 Å². The van der Waals surface area contributed by atoms with Crippen molar-refractivity contribution in [2.45, 2.75) is 26.8 Å². The third kappa shape index (κ3) is 3.07. The zero-order chi connectivity index (χ0) is 10.6. The molecule has 0 bridgehead atoms. The molecule has 1 rings (SSSR count). The van der Waals surface area contributed by atoms with Crippen LogP contribution in [0.15, 0.2) is 23.5 Å². The predicted octanol–water partition coefficient (Wildman–Crippen LogP) is 2.99. The summed E-state index contributed by atoms with van der Waals surface area (Å²) < 4.78 is 7.31. The summed E-state index contributed by atoms with van der Waals surface area (Å²) in [7, 11) is 0. The van der Waals surface area contributed by atoms with Crippen LogP contribution in [-0.2, 0) is 0 Å². The first-order valence-electron chi connectivity index (χ1n) is 4.56. The van der Waals surface area contributed by atoms with E-state index in [-0.39, 0.29) is 0 Å². The molecule has 4 heteroatoms. The summed E-state index contributed by atoms with van der Waals surface area (Å²) >= 11 is 5.51. The van der Waals surface area contributed by atoms with Gasteiger partial charge >= 0.3 is 0 Å². The Morgan fingerprint density at radius 1 is 1.71 bits per heavy atom. The van der Waals surface area contributed by atoms with Crippen molar-refractivity contribution in [3.63, 3.8) is 0 Å². The van der Waals surface area contributed by atoms with Gasteiger partial charge in [-0.1, -0.05) is 11.6 Å². The van der Waals surface area contributed by atoms with Gasteiger partial charge in [0.05, 0.1) is 12.4 Å². The largest absolute Gasteiger partial charge is 0.486 e. The van der Waals surface area contributed by atoms with E-state index in [2.05, 4.69) is 18.9 Å². The van der Waals surface area contributed by atoms with E-state index in [1.165, 1.54) is 5.54 Å². The van der Waals surface area contributed by atoms with Crippen LogP contribution >= 0.6 is 11.6 Å². The topological polar surface area (TPSA) is 27.1 Å². The highest BCUT2D eigenvalue weighted by atomic mass is 35.5. The molecule has 0 amide bonds. The Hall–Kier alpha value is -0.960. The second-order valence-corrected chi connectivity index (χ2v) is 3.71. The lowest BCUT2D eigenvalue weighted by molar-refractivity contribution is 0.351. The number of rotatable bonds is 4. The molecule has 78 valence electrons. The Bertz CT molecular complexity index is 318. The van der Waals surface area contributed by atoms with Gasteiger partial charge in [-0.3, -0.25) is 4.68 Å². The van der Waals surface area contributed by atoms with Gasteiger partial charge in [0.25, 0.3) is 0 Å². The van der Waals surface area contributed by atoms with E-state index in [0.717, 1.165) is 11.3 Å². The molecule has 1 aromatic heterocycles. The van der Waals surface area contributed by atoms with Gasteiger partial charge < -0.3 is 4.74 Å². The molecule has 0 aromatic carbocycles. The summed E-state index contributed by atoms with van der Waals surface area (Å²) in [6.45, 7) is 6.56. The molecule has 14 heavy (non-hydrogen) atoms. The maximum absolute atomic E-state index is 5.51. The lowest BCUT2D eigenvalue weighted by Crippen LogP contribution is -2.00. The highest BCUT2D eigenvalue weighted by Gasteiger charge is 2.02. The van der Waals surface area contributed by atoms with Crippen LogP contribution in [0.1, 0.15) is 26.8 Å². The molecule has 0 aliphatic carbocycles. The van der Waals surface area contributed by atoms with Crippen molar-refractivity contribution in [2.24, 2.45) is 0 Å². The van der Waals surface area contributed by atoms with Crippen molar-refractivity contribution in [2.75, 3.05) is 6.61 Å². The molecule has 0 atom stereocenters. The van der Waals surface area contributed by atoms with Crippen molar-refractivity contribution in [1.82, 2.24) is 9.78 Å². The lowest BCUT2D eigenvalue weighted by atomic mass is 10.4. The standard InChI is InChI=1S/C10H15ClN2O/c1-8(2)13-6-10(5-12-13)14-7-9(3)4-11/h4-6,8H,7H2,1-3H3/b9-4+. The molecule has 0 aliphatic rings.